The molecule has 29 heavy (non-hydrogen) atoms. The van der Waals surface area contributed by atoms with Crippen molar-refractivity contribution in [3.8, 4) is 17.1 Å². The molecule has 0 spiro atoms. The average molecular weight is 425 g/mol. The number of ether oxygens (including phenoxy) is 1. The van der Waals surface area contributed by atoms with Crippen molar-refractivity contribution in [3.05, 3.63) is 65.8 Å². The van der Waals surface area contributed by atoms with E-state index < -0.39 is 0 Å². The smallest absolute Gasteiger partial charge is 0.234 e. The van der Waals surface area contributed by atoms with Crippen LogP contribution >= 0.6 is 23.4 Å². The van der Waals surface area contributed by atoms with Gasteiger partial charge in [-0.25, -0.2) is 9.97 Å². The molecule has 0 saturated carbocycles. The Hall–Kier alpha value is -3.03. The highest BCUT2D eigenvalue weighted by Gasteiger charge is 2.14. The van der Waals surface area contributed by atoms with Gasteiger partial charge >= 0.3 is 0 Å². The van der Waals surface area contributed by atoms with Gasteiger partial charge in [0.15, 0.2) is 0 Å². The fourth-order valence-electron chi connectivity index (χ4n) is 2.86. The summed E-state index contributed by atoms with van der Waals surface area (Å²) in [6.07, 6.45) is 1.70. The third kappa shape index (κ3) is 4.36. The van der Waals surface area contributed by atoms with Crippen LogP contribution in [0.25, 0.3) is 22.4 Å². The minimum Gasteiger partial charge on any atom is -0.495 e. The van der Waals surface area contributed by atoms with E-state index in [1.54, 1.807) is 31.5 Å². The van der Waals surface area contributed by atoms with Gasteiger partial charge in [-0.15, -0.1) is 0 Å². The highest BCUT2D eigenvalue weighted by atomic mass is 35.5. The summed E-state index contributed by atoms with van der Waals surface area (Å²) in [5.41, 5.74) is 3.21. The molecule has 2 aromatic heterocycles. The van der Waals surface area contributed by atoms with Crippen LogP contribution < -0.4 is 10.1 Å². The molecule has 6 nitrogen and oxygen atoms in total. The quantitative estimate of drug-likeness (QED) is 0.425. The summed E-state index contributed by atoms with van der Waals surface area (Å²) in [5, 5.41) is 4.07. The molecule has 1 amide bonds. The standard InChI is InChI=1S/C21H17ClN4O2S/c1-28-18-9-8-13(22)11-17(18)24-19(27)12-29-21-14(5-4-10-23-21)20-25-15-6-2-3-7-16(15)26-20/h2-11H,12H2,1H3,(H,24,27)(H,25,26). The number of hydrogen-bond acceptors (Lipinski definition) is 5. The zero-order valence-electron chi connectivity index (χ0n) is 15.5. The SMILES string of the molecule is COc1ccc(Cl)cc1NC(=O)CSc1ncccc1-c1nc2ccccc2[nH]1. The van der Waals surface area contributed by atoms with Crippen LogP contribution in [0.5, 0.6) is 5.75 Å². The maximum Gasteiger partial charge on any atom is 0.234 e. The molecule has 0 saturated heterocycles. The van der Waals surface area contributed by atoms with Crippen LogP contribution in [0.15, 0.2) is 65.8 Å². The van der Waals surface area contributed by atoms with Crippen molar-refractivity contribution in [1.29, 1.82) is 0 Å². The zero-order chi connectivity index (χ0) is 20.2. The number of H-pyrrole nitrogens is 1. The number of nitrogens with zero attached hydrogens (tertiary/aromatic N) is 2. The van der Waals surface area contributed by atoms with Gasteiger partial charge in [-0.1, -0.05) is 35.5 Å². The molecule has 2 N–H and O–H groups in total. The van der Waals surface area contributed by atoms with Crippen LogP contribution in [0.3, 0.4) is 0 Å². The first-order valence-corrected chi connectivity index (χ1v) is 10.2. The highest BCUT2D eigenvalue weighted by molar-refractivity contribution is 8.00. The summed E-state index contributed by atoms with van der Waals surface area (Å²) in [6.45, 7) is 0. The second-order valence-electron chi connectivity index (χ2n) is 6.14. The largest absolute Gasteiger partial charge is 0.495 e. The predicted octanol–water partition coefficient (Wildman–Crippen LogP) is 5.02. The molecule has 4 rings (SSSR count). The maximum absolute atomic E-state index is 12.5. The lowest BCUT2D eigenvalue weighted by molar-refractivity contribution is -0.113. The Morgan fingerprint density at radius 3 is 2.90 bits per heavy atom. The number of nitrogens with one attached hydrogen (secondary N) is 2. The number of methoxy groups -OCH3 is 1. The van der Waals surface area contributed by atoms with Crippen LogP contribution in [0.1, 0.15) is 0 Å². The normalized spacial score (nSPS) is 10.8. The minimum absolute atomic E-state index is 0.180. The molecular weight excluding hydrogens is 408 g/mol. The molecule has 2 aromatic carbocycles. The van der Waals surface area contributed by atoms with Gasteiger partial charge < -0.3 is 15.0 Å². The average Bonchev–Trinajstić information content (AvgIpc) is 3.17. The van der Waals surface area contributed by atoms with Crippen molar-refractivity contribution < 1.29 is 9.53 Å². The monoisotopic (exact) mass is 424 g/mol. The van der Waals surface area contributed by atoms with Crippen molar-refractivity contribution >= 4 is 46.0 Å². The van der Waals surface area contributed by atoms with E-state index >= 15 is 0 Å². The summed E-state index contributed by atoms with van der Waals surface area (Å²) >= 11 is 7.36. The number of halogens is 1. The first-order chi connectivity index (χ1) is 14.1. The number of benzene rings is 2. The van der Waals surface area contributed by atoms with Gasteiger partial charge in [-0.2, -0.15) is 0 Å². The van der Waals surface area contributed by atoms with Crippen molar-refractivity contribution in [2.45, 2.75) is 5.03 Å². The number of thioether (sulfide) groups is 1. The topological polar surface area (TPSA) is 79.9 Å². The van der Waals surface area contributed by atoms with E-state index in [9.17, 15) is 4.79 Å². The minimum atomic E-state index is -0.184. The lowest BCUT2D eigenvalue weighted by Gasteiger charge is -2.11. The maximum atomic E-state index is 12.5. The van der Waals surface area contributed by atoms with Gasteiger partial charge in [0, 0.05) is 16.8 Å². The molecule has 0 aliphatic heterocycles. The number of aromatic amines is 1. The van der Waals surface area contributed by atoms with E-state index in [2.05, 4.69) is 20.3 Å². The van der Waals surface area contributed by atoms with Crippen molar-refractivity contribution in [2.75, 3.05) is 18.2 Å². The van der Waals surface area contributed by atoms with Crippen LogP contribution in [-0.2, 0) is 4.79 Å². The van der Waals surface area contributed by atoms with Gasteiger partial charge in [0.2, 0.25) is 5.91 Å². The zero-order valence-corrected chi connectivity index (χ0v) is 17.1. The molecule has 0 aliphatic rings. The Morgan fingerprint density at radius 1 is 1.21 bits per heavy atom. The fourth-order valence-corrected chi connectivity index (χ4v) is 3.83. The first-order valence-electron chi connectivity index (χ1n) is 8.80. The lowest BCUT2D eigenvalue weighted by Crippen LogP contribution is -2.15. The Bertz CT molecular complexity index is 1150. The number of aromatic nitrogens is 3. The van der Waals surface area contributed by atoms with Gasteiger partial charge in [0.1, 0.15) is 16.6 Å². The van der Waals surface area contributed by atoms with Gasteiger partial charge in [0.05, 0.1) is 29.6 Å². The molecule has 0 atom stereocenters. The summed E-state index contributed by atoms with van der Waals surface area (Å²) < 4.78 is 5.26. The van der Waals surface area contributed by atoms with E-state index in [0.29, 0.717) is 16.5 Å². The lowest BCUT2D eigenvalue weighted by atomic mass is 10.3. The Labute approximate surface area is 176 Å². The molecule has 0 bridgehead atoms. The number of imidazole rings is 1. The number of hydrogen-bond donors (Lipinski definition) is 2. The van der Waals surface area contributed by atoms with E-state index in [1.165, 1.54) is 11.8 Å². The molecular formula is C21H17ClN4O2S. The van der Waals surface area contributed by atoms with E-state index in [4.69, 9.17) is 16.3 Å². The fraction of sp³-hybridized carbons (Fsp3) is 0.0952. The van der Waals surface area contributed by atoms with E-state index in [-0.39, 0.29) is 11.7 Å². The number of anilines is 1. The van der Waals surface area contributed by atoms with Crippen molar-refractivity contribution in [3.63, 3.8) is 0 Å². The van der Waals surface area contributed by atoms with Crippen LogP contribution in [0.4, 0.5) is 5.69 Å². The number of amides is 1. The number of pyridine rings is 1. The van der Waals surface area contributed by atoms with Crippen molar-refractivity contribution in [2.24, 2.45) is 0 Å². The molecule has 0 fully saturated rings. The third-order valence-electron chi connectivity index (χ3n) is 4.19. The van der Waals surface area contributed by atoms with Crippen molar-refractivity contribution in [1.82, 2.24) is 15.0 Å². The molecule has 8 heteroatoms. The van der Waals surface area contributed by atoms with Crippen LogP contribution in [0, 0.1) is 0 Å². The summed E-state index contributed by atoms with van der Waals surface area (Å²) in [6, 6.07) is 16.7. The van der Waals surface area contributed by atoms with E-state index in [1.807, 2.05) is 36.4 Å². The summed E-state index contributed by atoms with van der Waals surface area (Å²) in [4.78, 5) is 24.8. The number of fused-ring (bicyclic) bond motifs is 1. The molecule has 0 unspecified atom stereocenters. The van der Waals surface area contributed by atoms with Crippen LogP contribution in [-0.4, -0.2) is 33.7 Å². The number of para-hydroxylation sites is 2. The molecule has 4 aromatic rings. The second kappa shape index (κ2) is 8.55. The number of rotatable bonds is 6. The van der Waals surface area contributed by atoms with Gasteiger partial charge in [-0.05, 0) is 42.5 Å². The number of carbonyl (C=O) groups is 1. The highest BCUT2D eigenvalue weighted by Crippen LogP contribution is 2.30. The Balaban J connectivity index is 1.51. The first kappa shape index (κ1) is 19.3. The molecule has 2 heterocycles. The Morgan fingerprint density at radius 2 is 2.07 bits per heavy atom. The summed E-state index contributed by atoms with van der Waals surface area (Å²) in [7, 11) is 1.54. The molecule has 0 aliphatic carbocycles. The number of carbonyl (C=O) groups excluding carboxylic acids is 1. The Kier molecular flexibility index (Phi) is 5.69. The van der Waals surface area contributed by atoms with Gasteiger partial charge in [-0.3, -0.25) is 4.79 Å². The summed E-state index contributed by atoms with van der Waals surface area (Å²) in [5.74, 6) is 1.27. The molecule has 146 valence electrons. The predicted molar refractivity (Wildman–Crippen MR) is 117 cm³/mol. The third-order valence-corrected chi connectivity index (χ3v) is 5.43. The van der Waals surface area contributed by atoms with Gasteiger partial charge in [0.25, 0.3) is 0 Å². The second-order valence-corrected chi connectivity index (χ2v) is 7.54. The van der Waals surface area contributed by atoms with Crippen LogP contribution in [0.2, 0.25) is 5.02 Å². The van der Waals surface area contributed by atoms with E-state index in [0.717, 1.165) is 27.4 Å². The molecule has 0 radical (unpaired) electrons.